The number of hydrogen-bond donors (Lipinski definition) is 3. The van der Waals surface area contributed by atoms with E-state index in [1.807, 2.05) is 0 Å². The molecule has 1 aromatic rings. The SMILES string of the molecule is C[C@@H]1CCCCN1CCNC(=O)NCCNc1cnccn1. The quantitative estimate of drug-likeness (QED) is 0.656. The van der Waals surface area contributed by atoms with Crippen LogP contribution in [-0.4, -0.2) is 59.7 Å². The summed E-state index contributed by atoms with van der Waals surface area (Å²) in [6.07, 6.45) is 8.76. The summed E-state index contributed by atoms with van der Waals surface area (Å²) in [7, 11) is 0. The van der Waals surface area contributed by atoms with Crippen LogP contribution in [0.25, 0.3) is 0 Å². The van der Waals surface area contributed by atoms with E-state index in [1.54, 1.807) is 18.6 Å². The third-order valence-electron chi connectivity index (χ3n) is 3.90. The maximum absolute atomic E-state index is 11.7. The van der Waals surface area contributed by atoms with Gasteiger partial charge < -0.3 is 16.0 Å². The molecule has 1 aliphatic rings. The van der Waals surface area contributed by atoms with E-state index in [0.29, 0.717) is 31.5 Å². The van der Waals surface area contributed by atoms with Crippen molar-refractivity contribution in [1.82, 2.24) is 25.5 Å². The molecule has 1 saturated heterocycles. The predicted octanol–water partition coefficient (Wildman–Crippen LogP) is 1.06. The number of carbonyl (C=O) groups is 1. The fourth-order valence-electron chi connectivity index (χ4n) is 2.62. The van der Waals surface area contributed by atoms with Crippen LogP contribution in [0.4, 0.5) is 10.6 Å². The van der Waals surface area contributed by atoms with E-state index >= 15 is 0 Å². The van der Waals surface area contributed by atoms with Crippen molar-refractivity contribution in [3.63, 3.8) is 0 Å². The average Bonchev–Trinajstić information content (AvgIpc) is 2.54. The Bertz CT molecular complexity index is 441. The maximum atomic E-state index is 11.7. The summed E-state index contributed by atoms with van der Waals surface area (Å²) in [5.74, 6) is 0.712. The van der Waals surface area contributed by atoms with Crippen molar-refractivity contribution in [2.45, 2.75) is 32.2 Å². The molecule has 22 heavy (non-hydrogen) atoms. The number of amides is 2. The lowest BCUT2D eigenvalue weighted by Gasteiger charge is -2.33. The molecular formula is C15H26N6O. The van der Waals surface area contributed by atoms with Crippen molar-refractivity contribution in [3.05, 3.63) is 18.6 Å². The molecule has 0 spiro atoms. The summed E-state index contributed by atoms with van der Waals surface area (Å²) in [6.45, 7) is 6.18. The summed E-state index contributed by atoms with van der Waals surface area (Å²) >= 11 is 0. The van der Waals surface area contributed by atoms with E-state index in [4.69, 9.17) is 0 Å². The van der Waals surface area contributed by atoms with Crippen LogP contribution in [0.15, 0.2) is 18.6 Å². The van der Waals surface area contributed by atoms with Crippen molar-refractivity contribution in [2.75, 3.05) is 38.0 Å². The zero-order valence-corrected chi connectivity index (χ0v) is 13.2. The molecule has 0 aliphatic carbocycles. The maximum Gasteiger partial charge on any atom is 0.314 e. The summed E-state index contributed by atoms with van der Waals surface area (Å²) in [5, 5.41) is 8.81. The van der Waals surface area contributed by atoms with Crippen LogP contribution < -0.4 is 16.0 Å². The van der Waals surface area contributed by atoms with Crippen LogP contribution >= 0.6 is 0 Å². The van der Waals surface area contributed by atoms with E-state index in [0.717, 1.165) is 13.1 Å². The molecule has 0 saturated carbocycles. The van der Waals surface area contributed by atoms with Crippen molar-refractivity contribution in [2.24, 2.45) is 0 Å². The standard InChI is InChI=1S/C15H26N6O/c1-13-4-2-3-10-21(13)11-9-20-15(22)19-8-7-18-14-12-16-5-6-17-14/h5-6,12-13H,2-4,7-11H2,1H3,(H,17,18)(H2,19,20,22)/t13-/m1/s1. The second-order valence-electron chi connectivity index (χ2n) is 5.58. The molecule has 122 valence electrons. The van der Waals surface area contributed by atoms with Gasteiger partial charge in [0.25, 0.3) is 0 Å². The smallest absolute Gasteiger partial charge is 0.314 e. The van der Waals surface area contributed by atoms with Crippen LogP contribution in [0.1, 0.15) is 26.2 Å². The van der Waals surface area contributed by atoms with Crippen molar-refractivity contribution < 1.29 is 4.79 Å². The van der Waals surface area contributed by atoms with Gasteiger partial charge in [-0.05, 0) is 26.3 Å². The minimum Gasteiger partial charge on any atom is -0.367 e. The Morgan fingerprint density at radius 3 is 2.91 bits per heavy atom. The van der Waals surface area contributed by atoms with Crippen LogP contribution in [-0.2, 0) is 0 Å². The number of piperidine rings is 1. The van der Waals surface area contributed by atoms with Crippen molar-refractivity contribution in [3.8, 4) is 0 Å². The second-order valence-corrected chi connectivity index (χ2v) is 5.58. The first kappa shape index (κ1) is 16.5. The van der Waals surface area contributed by atoms with Gasteiger partial charge in [-0.3, -0.25) is 9.88 Å². The first-order valence-corrected chi connectivity index (χ1v) is 8.01. The molecule has 3 N–H and O–H groups in total. The van der Waals surface area contributed by atoms with E-state index in [2.05, 4.69) is 37.7 Å². The molecular weight excluding hydrogens is 280 g/mol. The molecule has 1 aliphatic heterocycles. The molecule has 0 aromatic carbocycles. The number of carbonyl (C=O) groups excluding carboxylic acids is 1. The van der Waals surface area contributed by atoms with E-state index < -0.39 is 0 Å². The van der Waals surface area contributed by atoms with E-state index in [1.165, 1.54) is 19.3 Å². The number of nitrogens with zero attached hydrogens (tertiary/aromatic N) is 3. The van der Waals surface area contributed by atoms with Gasteiger partial charge in [0.2, 0.25) is 0 Å². The molecule has 7 nitrogen and oxygen atoms in total. The molecule has 0 bridgehead atoms. The summed E-state index contributed by atoms with van der Waals surface area (Å²) in [5.41, 5.74) is 0. The largest absolute Gasteiger partial charge is 0.367 e. The summed E-state index contributed by atoms with van der Waals surface area (Å²) in [6, 6.07) is 0.514. The van der Waals surface area contributed by atoms with Gasteiger partial charge in [-0.2, -0.15) is 0 Å². The Morgan fingerprint density at radius 1 is 1.27 bits per heavy atom. The van der Waals surface area contributed by atoms with Gasteiger partial charge in [-0.25, -0.2) is 9.78 Å². The zero-order chi connectivity index (χ0) is 15.6. The van der Waals surface area contributed by atoms with E-state index in [-0.39, 0.29) is 6.03 Å². The van der Waals surface area contributed by atoms with Gasteiger partial charge in [0.15, 0.2) is 0 Å². The Balaban J connectivity index is 1.51. The molecule has 1 fully saturated rings. The third kappa shape index (κ3) is 5.85. The van der Waals surface area contributed by atoms with Gasteiger partial charge >= 0.3 is 6.03 Å². The first-order chi connectivity index (χ1) is 10.8. The van der Waals surface area contributed by atoms with Gasteiger partial charge in [0, 0.05) is 44.6 Å². The van der Waals surface area contributed by atoms with Gasteiger partial charge in [0.05, 0.1) is 6.20 Å². The minimum absolute atomic E-state index is 0.120. The molecule has 0 radical (unpaired) electrons. The number of anilines is 1. The highest BCUT2D eigenvalue weighted by Crippen LogP contribution is 2.15. The van der Waals surface area contributed by atoms with Gasteiger partial charge in [-0.15, -0.1) is 0 Å². The molecule has 2 amide bonds. The molecule has 1 aromatic heterocycles. The molecule has 0 unspecified atom stereocenters. The number of rotatable bonds is 7. The zero-order valence-electron chi connectivity index (χ0n) is 13.2. The predicted molar refractivity (Wildman–Crippen MR) is 86.8 cm³/mol. The Labute approximate surface area is 131 Å². The van der Waals surface area contributed by atoms with E-state index in [9.17, 15) is 4.79 Å². The second kappa shape index (κ2) is 9.19. The number of urea groups is 1. The lowest BCUT2D eigenvalue weighted by atomic mass is 10.0. The van der Waals surface area contributed by atoms with Gasteiger partial charge in [0.1, 0.15) is 5.82 Å². The third-order valence-corrected chi connectivity index (χ3v) is 3.90. The Morgan fingerprint density at radius 2 is 2.14 bits per heavy atom. The fourth-order valence-corrected chi connectivity index (χ4v) is 2.62. The molecule has 7 heteroatoms. The van der Waals surface area contributed by atoms with Crippen LogP contribution in [0, 0.1) is 0 Å². The number of likely N-dealkylation sites (tertiary alicyclic amines) is 1. The molecule has 2 heterocycles. The number of hydrogen-bond acceptors (Lipinski definition) is 5. The first-order valence-electron chi connectivity index (χ1n) is 8.01. The molecule has 2 rings (SSSR count). The summed E-state index contributed by atoms with van der Waals surface area (Å²) in [4.78, 5) is 22.2. The minimum atomic E-state index is -0.120. The monoisotopic (exact) mass is 306 g/mol. The lowest BCUT2D eigenvalue weighted by Crippen LogP contribution is -2.45. The molecule has 1 atom stereocenters. The summed E-state index contributed by atoms with van der Waals surface area (Å²) < 4.78 is 0. The highest BCUT2D eigenvalue weighted by molar-refractivity contribution is 5.73. The topological polar surface area (TPSA) is 82.2 Å². The Kier molecular flexibility index (Phi) is 6.89. The van der Waals surface area contributed by atoms with Crippen LogP contribution in [0.2, 0.25) is 0 Å². The van der Waals surface area contributed by atoms with Crippen LogP contribution in [0.3, 0.4) is 0 Å². The lowest BCUT2D eigenvalue weighted by molar-refractivity contribution is 0.161. The fraction of sp³-hybridized carbons (Fsp3) is 0.667. The highest BCUT2D eigenvalue weighted by Gasteiger charge is 2.17. The Hall–Kier alpha value is -1.89. The highest BCUT2D eigenvalue weighted by atomic mass is 16.2. The average molecular weight is 306 g/mol. The van der Waals surface area contributed by atoms with Crippen molar-refractivity contribution in [1.29, 1.82) is 0 Å². The van der Waals surface area contributed by atoms with Crippen LogP contribution in [0.5, 0.6) is 0 Å². The number of nitrogens with one attached hydrogen (secondary N) is 3. The number of aromatic nitrogens is 2. The van der Waals surface area contributed by atoms with Gasteiger partial charge in [-0.1, -0.05) is 6.42 Å². The van der Waals surface area contributed by atoms with Crippen molar-refractivity contribution >= 4 is 11.8 Å². The normalized spacial score (nSPS) is 18.7.